The van der Waals surface area contributed by atoms with Crippen LogP contribution in [0.2, 0.25) is 0 Å². The molecule has 1 atom stereocenters. The number of Topliss-reactive ketones (excluding diaryl/α,β-unsaturated/α-hetero) is 1. The summed E-state index contributed by atoms with van der Waals surface area (Å²) in [6.07, 6.45) is 2.64. The SMILES string of the molecule is COc1ccc([C@H](NC(=O)c2csc(C(C)=O)c2)C2CC(O)C2)cn1. The number of ketones is 1. The highest BCUT2D eigenvalue weighted by molar-refractivity contribution is 7.12. The number of thiophene rings is 1. The Morgan fingerprint density at radius 2 is 2.16 bits per heavy atom. The number of ether oxygens (including phenoxy) is 1. The molecular formula is C18H20N2O4S. The van der Waals surface area contributed by atoms with Gasteiger partial charge in [-0.1, -0.05) is 6.07 Å². The van der Waals surface area contributed by atoms with Crippen LogP contribution in [0.1, 0.15) is 51.4 Å². The summed E-state index contributed by atoms with van der Waals surface area (Å²) in [6, 6.07) is 4.99. The van der Waals surface area contributed by atoms with Crippen molar-refractivity contribution in [1.82, 2.24) is 10.3 Å². The second-order valence-electron chi connectivity index (χ2n) is 6.23. The standard InChI is InChI=1S/C18H20N2O4S/c1-10(21)15-7-13(9-25-15)18(23)20-17(12-5-14(22)6-12)11-3-4-16(24-2)19-8-11/h3-4,7-9,12,14,17,22H,5-6H2,1-2H3,(H,20,23)/t12?,14?,17-/m0/s1. The molecule has 1 aliphatic rings. The van der Waals surface area contributed by atoms with Crippen LogP contribution in [-0.4, -0.2) is 35.0 Å². The topological polar surface area (TPSA) is 88.5 Å². The van der Waals surface area contributed by atoms with Crippen molar-refractivity contribution in [3.8, 4) is 5.88 Å². The second-order valence-corrected chi connectivity index (χ2v) is 7.14. The zero-order chi connectivity index (χ0) is 18.0. The number of nitrogens with one attached hydrogen (secondary N) is 1. The Balaban J connectivity index is 1.79. The zero-order valence-corrected chi connectivity index (χ0v) is 14.9. The number of carbonyl (C=O) groups is 2. The quantitative estimate of drug-likeness (QED) is 0.773. The number of rotatable bonds is 6. The molecule has 2 N–H and O–H groups in total. The lowest BCUT2D eigenvalue weighted by molar-refractivity contribution is 0.0234. The first-order chi connectivity index (χ1) is 12.0. The lowest BCUT2D eigenvalue weighted by atomic mass is 9.75. The number of carbonyl (C=O) groups excluding carboxylic acids is 2. The fraction of sp³-hybridized carbons (Fsp3) is 0.389. The number of aliphatic hydroxyl groups is 1. The average Bonchev–Trinajstić information content (AvgIpc) is 3.08. The first-order valence-corrected chi connectivity index (χ1v) is 8.94. The molecule has 1 amide bonds. The van der Waals surface area contributed by atoms with E-state index in [2.05, 4.69) is 10.3 Å². The van der Waals surface area contributed by atoms with Gasteiger partial charge in [-0.2, -0.15) is 0 Å². The maximum Gasteiger partial charge on any atom is 0.252 e. The summed E-state index contributed by atoms with van der Waals surface area (Å²) in [6.45, 7) is 1.48. The lowest BCUT2D eigenvalue weighted by Crippen LogP contribution is -2.41. The predicted octanol–water partition coefficient (Wildman–Crippen LogP) is 2.60. The molecular weight excluding hydrogens is 340 g/mol. The maximum absolute atomic E-state index is 12.6. The molecule has 2 heterocycles. The molecule has 6 nitrogen and oxygen atoms in total. The van der Waals surface area contributed by atoms with Crippen molar-refractivity contribution in [2.75, 3.05) is 7.11 Å². The van der Waals surface area contributed by atoms with E-state index in [4.69, 9.17) is 4.74 Å². The summed E-state index contributed by atoms with van der Waals surface area (Å²) in [5, 5.41) is 14.3. The number of hydrogen-bond donors (Lipinski definition) is 2. The molecule has 2 aromatic rings. The zero-order valence-electron chi connectivity index (χ0n) is 14.1. The molecule has 2 aromatic heterocycles. The van der Waals surface area contributed by atoms with Crippen molar-refractivity contribution < 1.29 is 19.4 Å². The Labute approximate surface area is 149 Å². The molecule has 25 heavy (non-hydrogen) atoms. The summed E-state index contributed by atoms with van der Waals surface area (Å²) < 4.78 is 5.07. The van der Waals surface area contributed by atoms with Gasteiger partial charge in [0.2, 0.25) is 5.88 Å². The van der Waals surface area contributed by atoms with Crippen molar-refractivity contribution in [3.63, 3.8) is 0 Å². The molecule has 0 radical (unpaired) electrons. The van der Waals surface area contributed by atoms with Crippen LogP contribution in [-0.2, 0) is 0 Å². The van der Waals surface area contributed by atoms with E-state index in [9.17, 15) is 14.7 Å². The molecule has 3 rings (SSSR count). The van der Waals surface area contributed by atoms with Gasteiger partial charge >= 0.3 is 0 Å². The van der Waals surface area contributed by atoms with Gasteiger partial charge in [0, 0.05) is 17.6 Å². The average molecular weight is 360 g/mol. The highest BCUT2D eigenvalue weighted by Gasteiger charge is 2.36. The van der Waals surface area contributed by atoms with Crippen LogP contribution in [0.4, 0.5) is 0 Å². The molecule has 0 aromatic carbocycles. The van der Waals surface area contributed by atoms with Gasteiger partial charge in [0.05, 0.1) is 29.7 Å². The van der Waals surface area contributed by atoms with Crippen LogP contribution < -0.4 is 10.1 Å². The van der Waals surface area contributed by atoms with E-state index in [1.165, 1.54) is 18.3 Å². The fourth-order valence-electron chi connectivity index (χ4n) is 2.94. The van der Waals surface area contributed by atoms with Crippen LogP contribution in [0.3, 0.4) is 0 Å². The van der Waals surface area contributed by atoms with Crippen molar-refractivity contribution >= 4 is 23.0 Å². The number of aromatic nitrogens is 1. The van der Waals surface area contributed by atoms with E-state index in [1.54, 1.807) is 30.8 Å². The Bertz CT molecular complexity index is 766. The van der Waals surface area contributed by atoms with Crippen LogP contribution in [0.15, 0.2) is 29.8 Å². The summed E-state index contributed by atoms with van der Waals surface area (Å²) >= 11 is 1.26. The van der Waals surface area contributed by atoms with Gasteiger partial charge in [-0.05, 0) is 37.3 Å². The predicted molar refractivity (Wildman–Crippen MR) is 94.1 cm³/mol. The summed E-state index contributed by atoms with van der Waals surface area (Å²) in [5.74, 6) is 0.375. The van der Waals surface area contributed by atoms with Crippen molar-refractivity contribution in [3.05, 3.63) is 45.8 Å². The van der Waals surface area contributed by atoms with Gasteiger partial charge in [-0.25, -0.2) is 4.98 Å². The smallest absolute Gasteiger partial charge is 0.252 e. The van der Waals surface area contributed by atoms with Crippen LogP contribution >= 0.6 is 11.3 Å². The Kier molecular flexibility index (Phi) is 5.15. The number of methoxy groups -OCH3 is 1. The maximum atomic E-state index is 12.6. The van der Waals surface area contributed by atoms with Gasteiger partial charge in [-0.3, -0.25) is 9.59 Å². The summed E-state index contributed by atoms with van der Waals surface area (Å²) in [5.41, 5.74) is 1.34. The van der Waals surface area contributed by atoms with Gasteiger partial charge in [0.15, 0.2) is 5.78 Å². The highest BCUT2D eigenvalue weighted by Crippen LogP contribution is 2.38. The van der Waals surface area contributed by atoms with E-state index in [0.717, 1.165) is 5.56 Å². The second kappa shape index (κ2) is 7.33. The first-order valence-electron chi connectivity index (χ1n) is 8.06. The molecule has 0 unspecified atom stereocenters. The third-order valence-corrected chi connectivity index (χ3v) is 5.47. The number of hydrogen-bond acceptors (Lipinski definition) is 6. The van der Waals surface area contributed by atoms with Crippen LogP contribution in [0, 0.1) is 5.92 Å². The monoisotopic (exact) mass is 360 g/mol. The molecule has 0 saturated heterocycles. The molecule has 1 fully saturated rings. The van der Waals surface area contributed by atoms with Crippen molar-refractivity contribution in [1.29, 1.82) is 0 Å². The Hall–Kier alpha value is -2.25. The first kappa shape index (κ1) is 17.6. The lowest BCUT2D eigenvalue weighted by Gasteiger charge is -2.38. The van der Waals surface area contributed by atoms with Gasteiger partial charge in [0.25, 0.3) is 5.91 Å². The van der Waals surface area contributed by atoms with Crippen molar-refractivity contribution in [2.24, 2.45) is 5.92 Å². The summed E-state index contributed by atoms with van der Waals surface area (Å²) in [4.78, 5) is 28.8. The van der Waals surface area contributed by atoms with Crippen LogP contribution in [0.5, 0.6) is 5.88 Å². The molecule has 0 aliphatic heterocycles. The van der Waals surface area contributed by atoms with E-state index in [-0.39, 0.29) is 29.8 Å². The molecule has 0 spiro atoms. The minimum absolute atomic E-state index is 0.0536. The van der Waals surface area contributed by atoms with E-state index in [1.807, 2.05) is 6.07 Å². The largest absolute Gasteiger partial charge is 0.481 e. The molecule has 132 valence electrons. The number of aliphatic hydroxyl groups excluding tert-OH is 1. The Morgan fingerprint density at radius 3 is 2.68 bits per heavy atom. The molecule has 0 bridgehead atoms. The molecule has 1 saturated carbocycles. The van der Waals surface area contributed by atoms with Gasteiger partial charge in [0.1, 0.15) is 0 Å². The normalized spacial score (nSPS) is 20.4. The minimum Gasteiger partial charge on any atom is -0.481 e. The number of pyridine rings is 1. The van der Waals surface area contributed by atoms with Crippen molar-refractivity contribution in [2.45, 2.75) is 31.9 Å². The number of amides is 1. The van der Waals surface area contributed by atoms with Gasteiger partial charge in [-0.15, -0.1) is 11.3 Å². The van der Waals surface area contributed by atoms with Crippen LogP contribution in [0.25, 0.3) is 0 Å². The Morgan fingerprint density at radius 1 is 1.40 bits per heavy atom. The molecule has 7 heteroatoms. The van der Waals surface area contributed by atoms with E-state index >= 15 is 0 Å². The van der Waals surface area contributed by atoms with E-state index in [0.29, 0.717) is 29.2 Å². The molecule has 1 aliphatic carbocycles. The van der Waals surface area contributed by atoms with E-state index < -0.39 is 0 Å². The highest BCUT2D eigenvalue weighted by atomic mass is 32.1. The third kappa shape index (κ3) is 3.88. The third-order valence-electron chi connectivity index (χ3n) is 4.44. The summed E-state index contributed by atoms with van der Waals surface area (Å²) in [7, 11) is 1.55. The minimum atomic E-state index is -0.318. The number of nitrogens with zero attached hydrogens (tertiary/aromatic N) is 1. The fourth-order valence-corrected chi connectivity index (χ4v) is 3.73. The van der Waals surface area contributed by atoms with Gasteiger partial charge < -0.3 is 15.2 Å².